The average molecular weight is 287 g/mol. The van der Waals surface area contributed by atoms with Crippen LogP contribution >= 0.6 is 0 Å². The highest BCUT2D eigenvalue weighted by Crippen LogP contribution is 2.34. The Morgan fingerprint density at radius 3 is 3.05 bits per heavy atom. The SMILES string of the molecule is O=C(C[C@@H]1CCc2ccccc21)NCCN1CCNC1=O. The Kier molecular flexibility index (Phi) is 4.08. The van der Waals surface area contributed by atoms with Crippen molar-refractivity contribution in [2.45, 2.75) is 25.2 Å². The molecule has 1 fully saturated rings. The summed E-state index contributed by atoms with van der Waals surface area (Å²) < 4.78 is 0. The van der Waals surface area contributed by atoms with Crippen molar-refractivity contribution in [1.82, 2.24) is 15.5 Å². The van der Waals surface area contributed by atoms with Crippen molar-refractivity contribution >= 4 is 11.9 Å². The summed E-state index contributed by atoms with van der Waals surface area (Å²) in [6.45, 7) is 2.54. The van der Waals surface area contributed by atoms with E-state index in [1.807, 2.05) is 6.07 Å². The van der Waals surface area contributed by atoms with Gasteiger partial charge in [-0.1, -0.05) is 24.3 Å². The molecule has 0 bridgehead atoms. The number of rotatable bonds is 5. The fraction of sp³-hybridized carbons (Fsp3) is 0.500. The molecule has 0 spiro atoms. The number of carbonyl (C=O) groups is 2. The summed E-state index contributed by atoms with van der Waals surface area (Å²) in [6.07, 6.45) is 2.67. The molecule has 0 radical (unpaired) electrons. The van der Waals surface area contributed by atoms with Crippen LogP contribution in [0, 0.1) is 0 Å². The van der Waals surface area contributed by atoms with E-state index in [9.17, 15) is 9.59 Å². The standard InChI is InChI=1S/C16H21N3O2/c20-15(17-7-9-19-10-8-18-16(19)21)11-13-6-5-12-3-1-2-4-14(12)13/h1-4,13H,5-11H2,(H,17,20)(H,18,21)/t13-/m0/s1. The van der Waals surface area contributed by atoms with E-state index in [1.165, 1.54) is 11.1 Å². The lowest BCUT2D eigenvalue weighted by Gasteiger charge is -2.15. The number of hydrogen-bond acceptors (Lipinski definition) is 2. The van der Waals surface area contributed by atoms with Crippen LogP contribution in [0.5, 0.6) is 0 Å². The lowest BCUT2D eigenvalue weighted by molar-refractivity contribution is -0.121. The van der Waals surface area contributed by atoms with Crippen LogP contribution in [-0.4, -0.2) is 43.0 Å². The number of carbonyl (C=O) groups excluding carboxylic acids is 2. The number of benzene rings is 1. The topological polar surface area (TPSA) is 61.4 Å². The van der Waals surface area contributed by atoms with Gasteiger partial charge in [0.15, 0.2) is 0 Å². The molecule has 1 aliphatic heterocycles. The Morgan fingerprint density at radius 1 is 1.38 bits per heavy atom. The quantitative estimate of drug-likeness (QED) is 0.856. The van der Waals surface area contributed by atoms with Crippen molar-refractivity contribution in [3.8, 4) is 0 Å². The molecule has 5 nitrogen and oxygen atoms in total. The molecule has 1 atom stereocenters. The number of amides is 3. The maximum absolute atomic E-state index is 12.0. The highest BCUT2D eigenvalue weighted by Gasteiger charge is 2.24. The van der Waals surface area contributed by atoms with Crippen LogP contribution in [0.1, 0.15) is 29.9 Å². The predicted octanol–water partition coefficient (Wildman–Crippen LogP) is 1.25. The minimum atomic E-state index is -0.0334. The lowest BCUT2D eigenvalue weighted by Crippen LogP contribution is -2.37. The Hall–Kier alpha value is -2.04. The first-order valence-electron chi connectivity index (χ1n) is 7.61. The molecule has 0 unspecified atom stereocenters. The van der Waals surface area contributed by atoms with Gasteiger partial charge in [-0.05, 0) is 29.9 Å². The molecule has 2 N–H and O–H groups in total. The molecule has 1 aromatic rings. The van der Waals surface area contributed by atoms with E-state index >= 15 is 0 Å². The normalized spacial score (nSPS) is 20.3. The van der Waals surface area contributed by atoms with E-state index in [-0.39, 0.29) is 11.9 Å². The summed E-state index contributed by atoms with van der Waals surface area (Å²) in [5, 5.41) is 5.68. The molecule has 3 rings (SSSR count). The van der Waals surface area contributed by atoms with Crippen LogP contribution in [0.2, 0.25) is 0 Å². The van der Waals surface area contributed by atoms with Gasteiger partial charge < -0.3 is 15.5 Å². The van der Waals surface area contributed by atoms with Gasteiger partial charge in [0.2, 0.25) is 5.91 Å². The van der Waals surface area contributed by atoms with Crippen LogP contribution in [0.15, 0.2) is 24.3 Å². The van der Waals surface area contributed by atoms with E-state index in [4.69, 9.17) is 0 Å². The molecule has 1 saturated heterocycles. The molecular weight excluding hydrogens is 266 g/mol. The highest BCUT2D eigenvalue weighted by atomic mass is 16.2. The van der Waals surface area contributed by atoms with E-state index in [2.05, 4.69) is 28.8 Å². The summed E-state index contributed by atoms with van der Waals surface area (Å²) in [5.74, 6) is 0.424. The van der Waals surface area contributed by atoms with Gasteiger partial charge in [0.05, 0.1) is 0 Å². The summed E-state index contributed by atoms with van der Waals surface area (Å²) in [4.78, 5) is 25.1. The van der Waals surface area contributed by atoms with E-state index in [1.54, 1.807) is 4.90 Å². The minimum Gasteiger partial charge on any atom is -0.354 e. The molecule has 112 valence electrons. The summed E-state index contributed by atoms with van der Waals surface area (Å²) in [7, 11) is 0. The lowest BCUT2D eigenvalue weighted by atomic mass is 9.97. The minimum absolute atomic E-state index is 0.0334. The third-order valence-corrected chi connectivity index (χ3v) is 4.34. The van der Waals surface area contributed by atoms with Crippen molar-refractivity contribution in [1.29, 1.82) is 0 Å². The molecule has 0 saturated carbocycles. The largest absolute Gasteiger partial charge is 0.354 e. The molecule has 3 amide bonds. The van der Waals surface area contributed by atoms with Gasteiger partial charge >= 0.3 is 6.03 Å². The Balaban J connectivity index is 1.44. The summed E-state index contributed by atoms with van der Waals surface area (Å²) in [6, 6.07) is 8.35. The fourth-order valence-electron chi connectivity index (χ4n) is 3.21. The second-order valence-corrected chi connectivity index (χ2v) is 5.71. The predicted molar refractivity (Wildman–Crippen MR) is 80.1 cm³/mol. The van der Waals surface area contributed by atoms with Crippen LogP contribution < -0.4 is 10.6 Å². The van der Waals surface area contributed by atoms with Gasteiger partial charge in [-0.25, -0.2) is 4.79 Å². The van der Waals surface area contributed by atoms with Crippen LogP contribution in [0.25, 0.3) is 0 Å². The number of hydrogen-bond donors (Lipinski definition) is 2. The Labute approximate surface area is 124 Å². The maximum atomic E-state index is 12.0. The van der Waals surface area contributed by atoms with Crippen molar-refractivity contribution < 1.29 is 9.59 Å². The fourth-order valence-corrected chi connectivity index (χ4v) is 3.21. The maximum Gasteiger partial charge on any atom is 0.317 e. The van der Waals surface area contributed by atoms with Gasteiger partial charge in [-0.15, -0.1) is 0 Å². The van der Waals surface area contributed by atoms with Crippen LogP contribution in [-0.2, 0) is 11.2 Å². The molecule has 1 heterocycles. The third-order valence-electron chi connectivity index (χ3n) is 4.34. The van der Waals surface area contributed by atoms with Gasteiger partial charge in [0.25, 0.3) is 0 Å². The smallest absolute Gasteiger partial charge is 0.317 e. The second kappa shape index (κ2) is 6.16. The second-order valence-electron chi connectivity index (χ2n) is 5.71. The number of urea groups is 1. The number of nitrogens with zero attached hydrogens (tertiary/aromatic N) is 1. The molecule has 0 aromatic heterocycles. The Morgan fingerprint density at radius 2 is 2.24 bits per heavy atom. The first-order chi connectivity index (χ1) is 10.2. The van der Waals surface area contributed by atoms with Crippen molar-refractivity contribution in [3.05, 3.63) is 35.4 Å². The summed E-state index contributed by atoms with van der Waals surface area (Å²) >= 11 is 0. The molecular formula is C16H21N3O2. The zero-order chi connectivity index (χ0) is 14.7. The van der Waals surface area contributed by atoms with Gasteiger partial charge in [-0.2, -0.15) is 0 Å². The highest BCUT2D eigenvalue weighted by molar-refractivity contribution is 5.78. The Bertz CT molecular complexity index is 544. The van der Waals surface area contributed by atoms with Gasteiger partial charge in [0.1, 0.15) is 0 Å². The van der Waals surface area contributed by atoms with Gasteiger partial charge in [-0.3, -0.25) is 4.79 Å². The number of fused-ring (bicyclic) bond motifs is 1. The van der Waals surface area contributed by atoms with E-state index in [0.29, 0.717) is 32.0 Å². The molecule has 2 aliphatic rings. The van der Waals surface area contributed by atoms with Crippen molar-refractivity contribution in [3.63, 3.8) is 0 Å². The molecule has 1 aliphatic carbocycles. The zero-order valence-corrected chi connectivity index (χ0v) is 12.1. The van der Waals surface area contributed by atoms with E-state index < -0.39 is 0 Å². The number of nitrogens with one attached hydrogen (secondary N) is 2. The van der Waals surface area contributed by atoms with Gasteiger partial charge in [0, 0.05) is 32.6 Å². The molecule has 5 heteroatoms. The summed E-state index contributed by atoms with van der Waals surface area (Å²) in [5.41, 5.74) is 2.70. The van der Waals surface area contributed by atoms with E-state index in [0.717, 1.165) is 19.4 Å². The zero-order valence-electron chi connectivity index (χ0n) is 12.1. The van der Waals surface area contributed by atoms with Crippen molar-refractivity contribution in [2.24, 2.45) is 0 Å². The first-order valence-corrected chi connectivity index (χ1v) is 7.61. The average Bonchev–Trinajstić information content (AvgIpc) is 3.07. The molecule has 1 aromatic carbocycles. The van der Waals surface area contributed by atoms with Crippen LogP contribution in [0.3, 0.4) is 0 Å². The van der Waals surface area contributed by atoms with Crippen LogP contribution in [0.4, 0.5) is 4.79 Å². The monoisotopic (exact) mass is 287 g/mol. The first kappa shape index (κ1) is 13.9. The number of aryl methyl sites for hydroxylation is 1. The molecule has 21 heavy (non-hydrogen) atoms. The third kappa shape index (κ3) is 3.17. The van der Waals surface area contributed by atoms with Crippen molar-refractivity contribution in [2.75, 3.05) is 26.2 Å².